The Kier molecular flexibility index (Phi) is 6.68. The molecule has 0 spiro atoms. The molecule has 0 heterocycles. The largest absolute Gasteiger partial charge is 0.493 e. The molecule has 1 aromatic rings. The molecule has 8 heteroatoms. The zero-order valence-electron chi connectivity index (χ0n) is 12.6. The number of nitrogens with two attached hydrogens (primary N) is 2. The van der Waals surface area contributed by atoms with Crippen LogP contribution in [0, 0.1) is 0 Å². The first-order chi connectivity index (χ1) is 10.5. The lowest BCUT2D eigenvalue weighted by Gasteiger charge is -2.09. The molecule has 0 saturated heterocycles. The number of carbonyl (C=O) groups is 2. The summed E-state index contributed by atoms with van der Waals surface area (Å²) in [5.41, 5.74) is 11.2. The van der Waals surface area contributed by atoms with Crippen molar-refractivity contribution >= 4 is 17.8 Å². The second kappa shape index (κ2) is 8.50. The summed E-state index contributed by atoms with van der Waals surface area (Å²) in [6.45, 7) is 0.137. The highest BCUT2D eigenvalue weighted by atomic mass is 16.5. The van der Waals surface area contributed by atoms with Crippen LogP contribution in [0.1, 0.15) is 12.0 Å². The first kappa shape index (κ1) is 17.3. The predicted octanol–water partition coefficient (Wildman–Crippen LogP) is -0.447. The van der Waals surface area contributed by atoms with Gasteiger partial charge in [-0.25, -0.2) is 0 Å². The number of primary amides is 1. The van der Waals surface area contributed by atoms with Crippen molar-refractivity contribution in [1.82, 2.24) is 5.32 Å². The van der Waals surface area contributed by atoms with E-state index in [0.29, 0.717) is 11.5 Å². The molecule has 0 aliphatic rings. The van der Waals surface area contributed by atoms with E-state index >= 15 is 0 Å². The quantitative estimate of drug-likeness (QED) is 0.464. The van der Waals surface area contributed by atoms with Crippen LogP contribution in [0.2, 0.25) is 0 Å². The van der Waals surface area contributed by atoms with E-state index in [2.05, 4.69) is 10.3 Å². The van der Waals surface area contributed by atoms with E-state index in [4.69, 9.17) is 20.9 Å². The van der Waals surface area contributed by atoms with Crippen LogP contribution >= 0.6 is 0 Å². The standard InChI is InChI=1S/C14H20N4O4/c1-21-10-4-3-9(7-11(10)22-2)8-13(20)18-14(16)17-6-5-12(15)19/h3-4,7H,5-6,8H2,1-2H3,(H2,15,19)(H3,16,17,18,20). The van der Waals surface area contributed by atoms with Crippen LogP contribution in [-0.2, 0) is 16.0 Å². The smallest absolute Gasteiger partial charge is 0.231 e. The number of benzene rings is 1. The maximum atomic E-state index is 11.8. The Morgan fingerprint density at radius 1 is 1.18 bits per heavy atom. The first-order valence-corrected chi connectivity index (χ1v) is 6.55. The zero-order chi connectivity index (χ0) is 16.5. The lowest BCUT2D eigenvalue weighted by Crippen LogP contribution is -2.38. The van der Waals surface area contributed by atoms with E-state index in [0.717, 1.165) is 5.56 Å². The van der Waals surface area contributed by atoms with Crippen LogP contribution in [0.15, 0.2) is 23.2 Å². The van der Waals surface area contributed by atoms with Crippen molar-refractivity contribution in [2.24, 2.45) is 16.5 Å². The normalized spacial score (nSPS) is 10.9. The predicted molar refractivity (Wildman–Crippen MR) is 81.7 cm³/mol. The fourth-order valence-electron chi connectivity index (χ4n) is 1.69. The molecule has 0 bridgehead atoms. The summed E-state index contributed by atoms with van der Waals surface area (Å²) in [6.07, 6.45) is 0.179. The van der Waals surface area contributed by atoms with Gasteiger partial charge in [-0.2, -0.15) is 0 Å². The van der Waals surface area contributed by atoms with Crippen LogP contribution in [-0.4, -0.2) is 38.5 Å². The van der Waals surface area contributed by atoms with Gasteiger partial charge in [-0.1, -0.05) is 6.07 Å². The molecule has 1 aromatic carbocycles. The summed E-state index contributed by atoms with van der Waals surface area (Å²) >= 11 is 0. The maximum Gasteiger partial charge on any atom is 0.231 e. The van der Waals surface area contributed by atoms with Crippen LogP contribution in [0.3, 0.4) is 0 Å². The number of hydrogen-bond donors (Lipinski definition) is 3. The van der Waals surface area contributed by atoms with Gasteiger partial charge in [0, 0.05) is 6.42 Å². The van der Waals surface area contributed by atoms with Gasteiger partial charge in [0.05, 0.1) is 27.2 Å². The van der Waals surface area contributed by atoms with E-state index in [9.17, 15) is 9.59 Å². The van der Waals surface area contributed by atoms with Gasteiger partial charge in [-0.3, -0.25) is 19.9 Å². The third-order valence-corrected chi connectivity index (χ3v) is 2.72. The number of rotatable bonds is 7. The minimum absolute atomic E-state index is 0.0493. The van der Waals surface area contributed by atoms with Gasteiger partial charge in [0.1, 0.15) is 0 Å². The number of hydrogen-bond acceptors (Lipinski definition) is 5. The number of ether oxygens (including phenoxy) is 2. The van der Waals surface area contributed by atoms with Crippen LogP contribution in [0.25, 0.3) is 0 Å². The maximum absolute atomic E-state index is 11.8. The average molecular weight is 308 g/mol. The molecule has 22 heavy (non-hydrogen) atoms. The molecule has 0 saturated carbocycles. The molecule has 0 aromatic heterocycles. The van der Waals surface area contributed by atoms with Crippen molar-refractivity contribution in [2.45, 2.75) is 12.8 Å². The SMILES string of the molecule is COc1ccc(CC(=O)NC(N)=NCCC(N)=O)cc1OC. The number of aliphatic imine (C=N–C) groups is 1. The van der Waals surface area contributed by atoms with E-state index in [-0.39, 0.29) is 31.3 Å². The molecule has 0 radical (unpaired) electrons. The van der Waals surface area contributed by atoms with Crippen LogP contribution in [0.5, 0.6) is 11.5 Å². The highest BCUT2D eigenvalue weighted by molar-refractivity contribution is 5.97. The number of nitrogens with zero attached hydrogens (tertiary/aromatic N) is 1. The van der Waals surface area contributed by atoms with E-state index in [1.807, 2.05) is 0 Å². The molecule has 0 aliphatic carbocycles. The minimum Gasteiger partial charge on any atom is -0.493 e. The molecular formula is C14H20N4O4. The van der Waals surface area contributed by atoms with E-state index in [1.165, 1.54) is 14.2 Å². The summed E-state index contributed by atoms with van der Waals surface area (Å²) < 4.78 is 10.3. The number of carbonyl (C=O) groups excluding carboxylic acids is 2. The Bertz CT molecular complexity index is 572. The van der Waals surface area contributed by atoms with Crippen LogP contribution in [0.4, 0.5) is 0 Å². The summed E-state index contributed by atoms with van der Waals surface area (Å²) in [7, 11) is 3.05. The Morgan fingerprint density at radius 2 is 1.86 bits per heavy atom. The van der Waals surface area contributed by atoms with Gasteiger partial charge in [-0.05, 0) is 17.7 Å². The minimum atomic E-state index is -0.479. The molecular weight excluding hydrogens is 288 g/mol. The number of amides is 2. The second-order valence-electron chi connectivity index (χ2n) is 4.40. The Morgan fingerprint density at radius 3 is 2.45 bits per heavy atom. The summed E-state index contributed by atoms with van der Waals surface area (Å²) in [5.74, 6) is 0.266. The van der Waals surface area contributed by atoms with Gasteiger partial charge in [0.25, 0.3) is 0 Å². The van der Waals surface area contributed by atoms with E-state index < -0.39 is 5.91 Å². The molecule has 120 valence electrons. The number of guanidine groups is 1. The molecule has 0 unspecified atom stereocenters. The molecule has 0 atom stereocenters. The van der Waals surface area contributed by atoms with Gasteiger partial charge in [0.15, 0.2) is 17.5 Å². The summed E-state index contributed by atoms with van der Waals surface area (Å²) in [6, 6.07) is 5.17. The molecule has 0 aliphatic heterocycles. The lowest BCUT2D eigenvalue weighted by atomic mass is 10.1. The lowest BCUT2D eigenvalue weighted by molar-refractivity contribution is -0.119. The summed E-state index contributed by atoms with van der Waals surface area (Å²) in [4.78, 5) is 26.2. The molecule has 1 rings (SSSR count). The van der Waals surface area contributed by atoms with Crippen molar-refractivity contribution in [3.63, 3.8) is 0 Å². The van der Waals surface area contributed by atoms with Crippen molar-refractivity contribution in [1.29, 1.82) is 0 Å². The summed E-state index contributed by atoms with van der Waals surface area (Å²) in [5, 5.41) is 2.43. The van der Waals surface area contributed by atoms with Gasteiger partial charge >= 0.3 is 0 Å². The van der Waals surface area contributed by atoms with Gasteiger partial charge in [-0.15, -0.1) is 0 Å². The third-order valence-electron chi connectivity index (χ3n) is 2.72. The monoisotopic (exact) mass is 308 g/mol. The molecule has 5 N–H and O–H groups in total. The Balaban J connectivity index is 2.59. The molecule has 2 amide bonds. The number of methoxy groups -OCH3 is 2. The molecule has 8 nitrogen and oxygen atoms in total. The van der Waals surface area contributed by atoms with E-state index in [1.54, 1.807) is 18.2 Å². The Labute approximate surface area is 128 Å². The van der Waals surface area contributed by atoms with Gasteiger partial charge < -0.3 is 20.9 Å². The number of nitrogens with one attached hydrogen (secondary N) is 1. The highest BCUT2D eigenvalue weighted by Crippen LogP contribution is 2.27. The Hall–Kier alpha value is -2.77. The fraction of sp³-hybridized carbons (Fsp3) is 0.357. The van der Waals surface area contributed by atoms with Gasteiger partial charge in [0.2, 0.25) is 11.8 Å². The second-order valence-corrected chi connectivity index (χ2v) is 4.40. The topological polar surface area (TPSA) is 129 Å². The highest BCUT2D eigenvalue weighted by Gasteiger charge is 2.09. The van der Waals surface area contributed by atoms with Crippen LogP contribution < -0.4 is 26.3 Å². The first-order valence-electron chi connectivity index (χ1n) is 6.55. The zero-order valence-corrected chi connectivity index (χ0v) is 12.6. The van der Waals surface area contributed by atoms with Crippen molar-refractivity contribution in [3.05, 3.63) is 23.8 Å². The van der Waals surface area contributed by atoms with Crippen molar-refractivity contribution < 1.29 is 19.1 Å². The molecule has 0 fully saturated rings. The van der Waals surface area contributed by atoms with Crippen molar-refractivity contribution in [2.75, 3.05) is 20.8 Å². The third kappa shape index (κ3) is 5.70. The fourth-order valence-corrected chi connectivity index (χ4v) is 1.69. The van der Waals surface area contributed by atoms with Crippen molar-refractivity contribution in [3.8, 4) is 11.5 Å². The average Bonchev–Trinajstić information content (AvgIpc) is 2.46.